The Hall–Kier alpha value is -2.87. The maximum Gasteiger partial charge on any atom is 0.240 e. The first kappa shape index (κ1) is 19.9. The molecule has 2 aromatic rings. The van der Waals surface area contributed by atoms with Crippen molar-refractivity contribution in [1.29, 1.82) is 10.5 Å². The molecule has 1 aliphatic carbocycles. The molecule has 1 N–H and O–H groups in total. The molecule has 3 rings (SSSR count). The third kappa shape index (κ3) is 4.33. The average Bonchev–Trinajstić information content (AvgIpc) is 2.68. The molecule has 1 aliphatic rings. The third-order valence-corrected chi connectivity index (χ3v) is 5.35. The fraction of sp³-hybridized carbons (Fsp3) is 0.200. The number of ether oxygens (including phenoxy) is 1. The van der Waals surface area contributed by atoms with Crippen molar-refractivity contribution < 1.29 is 4.74 Å². The van der Waals surface area contributed by atoms with Crippen LogP contribution in [-0.2, 0) is 0 Å². The molecule has 1 aromatic heterocycles. The molecule has 28 heavy (non-hydrogen) atoms. The lowest BCUT2D eigenvalue weighted by Crippen LogP contribution is -2.11. The van der Waals surface area contributed by atoms with E-state index in [0.717, 1.165) is 11.1 Å². The molecule has 0 aliphatic heterocycles. The van der Waals surface area contributed by atoms with Crippen molar-refractivity contribution in [2.45, 2.75) is 20.3 Å². The highest BCUT2D eigenvalue weighted by molar-refractivity contribution is 9.10. The first-order chi connectivity index (χ1) is 13.4. The first-order valence-electron chi connectivity index (χ1n) is 8.37. The Balaban J connectivity index is 1.89. The van der Waals surface area contributed by atoms with E-state index in [2.05, 4.69) is 43.4 Å². The minimum Gasteiger partial charge on any atom is -0.437 e. The van der Waals surface area contributed by atoms with Crippen molar-refractivity contribution in [2.75, 3.05) is 5.32 Å². The predicted molar refractivity (Wildman–Crippen MR) is 110 cm³/mol. The molecule has 1 aromatic carbocycles. The van der Waals surface area contributed by atoms with Gasteiger partial charge >= 0.3 is 0 Å². The van der Waals surface area contributed by atoms with Crippen molar-refractivity contribution in [3.05, 3.63) is 62.4 Å². The Kier molecular flexibility index (Phi) is 5.99. The number of benzene rings is 1. The largest absolute Gasteiger partial charge is 0.437 e. The van der Waals surface area contributed by atoms with E-state index in [-0.39, 0.29) is 22.9 Å². The topological polar surface area (TPSA) is 94.6 Å². The van der Waals surface area contributed by atoms with Crippen LogP contribution >= 0.6 is 27.5 Å². The minimum absolute atomic E-state index is 0.154. The van der Waals surface area contributed by atoms with Gasteiger partial charge in [0.25, 0.3) is 0 Å². The van der Waals surface area contributed by atoms with Gasteiger partial charge in [0.05, 0.1) is 23.6 Å². The number of allylic oxidation sites excluding steroid dienone is 3. The summed E-state index contributed by atoms with van der Waals surface area (Å²) < 4.78 is 6.48. The molecule has 0 saturated carbocycles. The summed E-state index contributed by atoms with van der Waals surface area (Å²) in [4.78, 5) is 8.61. The summed E-state index contributed by atoms with van der Waals surface area (Å²) >= 11 is 9.60. The zero-order valence-electron chi connectivity index (χ0n) is 15.1. The van der Waals surface area contributed by atoms with Crippen LogP contribution in [0.15, 0.2) is 51.7 Å². The molecule has 0 fully saturated rings. The molecule has 1 unspecified atom stereocenters. The molecule has 140 valence electrons. The molecule has 1 atom stereocenters. The van der Waals surface area contributed by atoms with Crippen LogP contribution in [0.3, 0.4) is 0 Å². The van der Waals surface area contributed by atoms with E-state index in [1.54, 1.807) is 24.3 Å². The van der Waals surface area contributed by atoms with Crippen molar-refractivity contribution >= 4 is 39.2 Å². The van der Waals surface area contributed by atoms with Crippen LogP contribution in [0.25, 0.3) is 0 Å². The summed E-state index contributed by atoms with van der Waals surface area (Å²) in [5.74, 6) is 1.05. The lowest BCUT2D eigenvalue weighted by Gasteiger charge is -2.21. The predicted octanol–water partition coefficient (Wildman–Crippen LogP) is 5.65. The first-order valence-corrected chi connectivity index (χ1v) is 9.54. The Morgan fingerprint density at radius 2 is 1.93 bits per heavy atom. The number of rotatable bonds is 4. The Bertz CT molecular complexity index is 1060. The summed E-state index contributed by atoms with van der Waals surface area (Å²) in [7, 11) is 0. The second kappa shape index (κ2) is 8.43. The Labute approximate surface area is 176 Å². The van der Waals surface area contributed by atoms with Gasteiger partial charge in [0.2, 0.25) is 11.8 Å². The zero-order valence-corrected chi connectivity index (χ0v) is 17.5. The Morgan fingerprint density at radius 3 is 2.54 bits per heavy atom. The molecule has 8 heteroatoms. The van der Waals surface area contributed by atoms with Crippen LogP contribution in [0.2, 0.25) is 5.15 Å². The van der Waals surface area contributed by atoms with Crippen LogP contribution < -0.4 is 10.1 Å². The van der Waals surface area contributed by atoms with E-state index in [9.17, 15) is 0 Å². The van der Waals surface area contributed by atoms with Gasteiger partial charge in [0.15, 0.2) is 5.15 Å². The lowest BCUT2D eigenvalue weighted by molar-refractivity contribution is 0.401. The Morgan fingerprint density at radius 1 is 1.21 bits per heavy atom. The van der Waals surface area contributed by atoms with Gasteiger partial charge in [-0.2, -0.15) is 20.5 Å². The van der Waals surface area contributed by atoms with E-state index in [4.69, 9.17) is 26.9 Å². The SMILES string of the molecule is CC1=CC(C#N)CC(C)=C1Oc1nc(Nc2ccc(C#N)cc2)nc(Cl)c1Br. The quantitative estimate of drug-likeness (QED) is 0.597. The summed E-state index contributed by atoms with van der Waals surface area (Å²) in [6.45, 7) is 3.83. The number of nitrogens with zero attached hydrogens (tertiary/aromatic N) is 4. The maximum absolute atomic E-state index is 9.16. The highest BCUT2D eigenvalue weighted by atomic mass is 79.9. The summed E-state index contributed by atoms with van der Waals surface area (Å²) in [6.07, 6.45) is 2.49. The number of hydrogen-bond donors (Lipinski definition) is 1. The molecule has 0 saturated heterocycles. The third-order valence-electron chi connectivity index (χ3n) is 4.14. The molecule has 6 nitrogen and oxygen atoms in total. The maximum atomic E-state index is 9.16. The summed E-state index contributed by atoms with van der Waals surface area (Å²) in [6, 6.07) is 11.2. The van der Waals surface area contributed by atoms with E-state index in [1.165, 1.54) is 0 Å². The lowest BCUT2D eigenvalue weighted by atomic mass is 9.91. The molecule has 0 spiro atoms. The van der Waals surface area contributed by atoms with Gasteiger partial charge in [-0.15, -0.1) is 0 Å². The van der Waals surface area contributed by atoms with E-state index < -0.39 is 0 Å². The fourth-order valence-electron chi connectivity index (χ4n) is 2.82. The van der Waals surface area contributed by atoms with Gasteiger partial charge in [-0.05, 0) is 71.6 Å². The smallest absolute Gasteiger partial charge is 0.240 e. The van der Waals surface area contributed by atoms with Gasteiger partial charge in [-0.3, -0.25) is 0 Å². The number of nitrogens with one attached hydrogen (secondary N) is 1. The van der Waals surface area contributed by atoms with Crippen molar-refractivity contribution in [2.24, 2.45) is 5.92 Å². The van der Waals surface area contributed by atoms with Gasteiger partial charge < -0.3 is 10.1 Å². The summed E-state index contributed by atoms with van der Waals surface area (Å²) in [5, 5.41) is 21.3. The molecule has 0 amide bonds. The van der Waals surface area contributed by atoms with Gasteiger partial charge in [0, 0.05) is 5.69 Å². The van der Waals surface area contributed by atoms with Crippen molar-refractivity contribution in [3.8, 4) is 18.0 Å². The average molecular weight is 457 g/mol. The molecule has 1 heterocycles. The highest BCUT2D eigenvalue weighted by Gasteiger charge is 2.21. The fourth-order valence-corrected chi connectivity index (χ4v) is 3.24. The molecule has 0 radical (unpaired) electrons. The molecule has 0 bridgehead atoms. The molecular formula is C20H15BrClN5O. The van der Waals surface area contributed by atoms with E-state index in [0.29, 0.717) is 27.9 Å². The second-order valence-corrected chi connectivity index (χ2v) is 7.42. The molecular weight excluding hydrogens is 442 g/mol. The monoisotopic (exact) mass is 455 g/mol. The highest BCUT2D eigenvalue weighted by Crippen LogP contribution is 2.36. The van der Waals surface area contributed by atoms with Gasteiger partial charge in [-0.25, -0.2) is 0 Å². The van der Waals surface area contributed by atoms with E-state index in [1.807, 2.05) is 19.9 Å². The number of nitriles is 2. The minimum atomic E-state index is -0.154. The number of anilines is 2. The number of aromatic nitrogens is 2. The number of halogens is 2. The van der Waals surface area contributed by atoms with Gasteiger partial charge in [-0.1, -0.05) is 17.7 Å². The normalized spacial score (nSPS) is 16.1. The van der Waals surface area contributed by atoms with Crippen LogP contribution in [0.5, 0.6) is 5.88 Å². The summed E-state index contributed by atoms with van der Waals surface area (Å²) in [5.41, 5.74) is 3.11. The van der Waals surface area contributed by atoms with Crippen molar-refractivity contribution in [3.63, 3.8) is 0 Å². The van der Waals surface area contributed by atoms with Crippen molar-refractivity contribution in [1.82, 2.24) is 9.97 Å². The van der Waals surface area contributed by atoms with Crippen LogP contribution in [0.1, 0.15) is 25.8 Å². The number of hydrogen-bond acceptors (Lipinski definition) is 6. The van der Waals surface area contributed by atoms with Crippen LogP contribution in [-0.4, -0.2) is 9.97 Å². The van der Waals surface area contributed by atoms with Gasteiger partial charge in [0.1, 0.15) is 10.2 Å². The standard InChI is InChI=1S/C20H15BrClN5O/c1-11-7-14(10-24)8-12(2)17(11)28-19-16(21)18(22)26-20(27-19)25-15-5-3-13(9-23)4-6-15/h3-7,14H,8H2,1-2H3,(H,25,26,27). The van der Waals surface area contributed by atoms with E-state index >= 15 is 0 Å². The second-order valence-electron chi connectivity index (χ2n) is 6.27. The van der Waals surface area contributed by atoms with Crippen LogP contribution in [0.4, 0.5) is 11.6 Å². The van der Waals surface area contributed by atoms with Crippen LogP contribution in [0, 0.1) is 28.6 Å². The zero-order chi connectivity index (χ0) is 20.3.